The largest absolute Gasteiger partial charge is 0.452 e. The maximum Gasteiger partial charge on any atom is 0.452 e. The molecule has 0 saturated carbocycles. The minimum absolute atomic E-state index is 0.336. The molecular weight excluding hydrogens is 343 g/mol. The van der Waals surface area contributed by atoms with Gasteiger partial charge in [-0.3, -0.25) is 19.2 Å². The van der Waals surface area contributed by atoms with Gasteiger partial charge in [0.25, 0.3) is 17.3 Å². The number of hydrogen-bond donors (Lipinski definition) is 0. The van der Waals surface area contributed by atoms with E-state index in [1.165, 1.54) is 0 Å². The molecule has 22 heavy (non-hydrogen) atoms. The smallest absolute Gasteiger partial charge is 0.298 e. The number of halogens is 9. The number of Topliss-reactive ketones (excluding diaryl/α,β-unsaturated/α-hetero) is 4. The highest BCUT2D eigenvalue weighted by Gasteiger charge is 2.74. The lowest BCUT2D eigenvalue weighted by molar-refractivity contribution is -0.210. The molecule has 0 heterocycles. The third-order valence-electron chi connectivity index (χ3n) is 2.32. The SMILES string of the molecule is CC(=O)C(C(=O)C(F)(F)F)(C(=O)C(F)(F)F)C(=O)C(F)(F)F. The Labute approximate surface area is 114 Å². The first-order chi connectivity index (χ1) is 9.41. The summed E-state index contributed by atoms with van der Waals surface area (Å²) < 4.78 is 110. The second-order valence-corrected chi connectivity index (χ2v) is 3.79. The highest BCUT2D eigenvalue weighted by atomic mass is 19.4. The van der Waals surface area contributed by atoms with E-state index in [-0.39, 0.29) is 6.92 Å². The third-order valence-corrected chi connectivity index (χ3v) is 2.32. The van der Waals surface area contributed by atoms with Gasteiger partial charge in [-0.05, 0) is 6.92 Å². The number of hydrogen-bond acceptors (Lipinski definition) is 4. The average molecular weight is 346 g/mol. The minimum Gasteiger partial charge on any atom is -0.298 e. The zero-order valence-electron chi connectivity index (χ0n) is 10.0. The van der Waals surface area contributed by atoms with Gasteiger partial charge in [0.2, 0.25) is 5.41 Å². The molecule has 0 aliphatic rings. The van der Waals surface area contributed by atoms with Crippen LogP contribution in [0.15, 0.2) is 0 Å². The van der Waals surface area contributed by atoms with Crippen molar-refractivity contribution in [3.8, 4) is 0 Å². The van der Waals surface area contributed by atoms with E-state index < -0.39 is 47.1 Å². The van der Waals surface area contributed by atoms with Crippen molar-refractivity contribution in [3.05, 3.63) is 0 Å². The van der Waals surface area contributed by atoms with Crippen molar-refractivity contribution in [2.45, 2.75) is 25.5 Å². The highest BCUT2D eigenvalue weighted by Crippen LogP contribution is 2.42. The van der Waals surface area contributed by atoms with Crippen molar-refractivity contribution >= 4 is 23.1 Å². The Balaban J connectivity index is 6.77. The highest BCUT2D eigenvalue weighted by molar-refractivity contribution is 6.41. The van der Waals surface area contributed by atoms with Gasteiger partial charge in [0, 0.05) is 0 Å². The van der Waals surface area contributed by atoms with E-state index in [4.69, 9.17) is 0 Å². The molecular formula is C9H3F9O4. The summed E-state index contributed by atoms with van der Waals surface area (Å²) in [5.74, 6) is -15.0. The molecule has 0 fully saturated rings. The Morgan fingerprint density at radius 2 is 0.727 bits per heavy atom. The molecule has 0 aromatic heterocycles. The fourth-order valence-electron chi connectivity index (χ4n) is 1.43. The summed E-state index contributed by atoms with van der Waals surface area (Å²) in [4.78, 5) is 43.7. The first kappa shape index (κ1) is 20.1. The monoisotopic (exact) mass is 346 g/mol. The lowest BCUT2D eigenvalue weighted by Gasteiger charge is -2.28. The van der Waals surface area contributed by atoms with Crippen LogP contribution in [0.2, 0.25) is 0 Å². The number of ketones is 4. The van der Waals surface area contributed by atoms with E-state index in [2.05, 4.69) is 0 Å². The van der Waals surface area contributed by atoms with Gasteiger partial charge in [0.15, 0.2) is 5.78 Å². The predicted molar refractivity (Wildman–Crippen MR) is 46.3 cm³/mol. The van der Waals surface area contributed by atoms with Crippen LogP contribution in [0.3, 0.4) is 0 Å². The van der Waals surface area contributed by atoms with Gasteiger partial charge in [0.1, 0.15) is 0 Å². The third kappa shape index (κ3) is 3.27. The van der Waals surface area contributed by atoms with Crippen LogP contribution in [0.5, 0.6) is 0 Å². The number of alkyl halides is 9. The van der Waals surface area contributed by atoms with Gasteiger partial charge in [-0.15, -0.1) is 0 Å². The molecule has 0 saturated heterocycles. The predicted octanol–water partition coefficient (Wildman–Crippen LogP) is 1.96. The average Bonchev–Trinajstić information content (AvgIpc) is 2.25. The standard InChI is InChI=1S/C9H3F9O4/c1-2(19)6(3(20)7(10,11)12,4(21)8(13,14)15)5(22)9(16,17)18/h1H3. The number of carbonyl (C=O) groups excluding carboxylic acids is 4. The van der Waals surface area contributed by atoms with Gasteiger partial charge < -0.3 is 0 Å². The van der Waals surface area contributed by atoms with Crippen molar-refractivity contribution < 1.29 is 58.7 Å². The van der Waals surface area contributed by atoms with Gasteiger partial charge >= 0.3 is 18.5 Å². The van der Waals surface area contributed by atoms with E-state index in [0.717, 1.165) is 0 Å². The Morgan fingerprint density at radius 1 is 0.545 bits per heavy atom. The van der Waals surface area contributed by atoms with E-state index >= 15 is 0 Å². The molecule has 4 nitrogen and oxygen atoms in total. The fourth-order valence-corrected chi connectivity index (χ4v) is 1.43. The molecule has 13 heteroatoms. The summed E-state index contributed by atoms with van der Waals surface area (Å²) in [5, 5.41) is 0. The molecule has 0 N–H and O–H groups in total. The van der Waals surface area contributed by atoms with Crippen molar-refractivity contribution in [2.75, 3.05) is 0 Å². The van der Waals surface area contributed by atoms with Crippen LogP contribution < -0.4 is 0 Å². The van der Waals surface area contributed by atoms with Crippen LogP contribution >= 0.6 is 0 Å². The van der Waals surface area contributed by atoms with Gasteiger partial charge in [-0.2, -0.15) is 39.5 Å². The molecule has 0 aliphatic heterocycles. The molecule has 0 spiro atoms. The number of carbonyl (C=O) groups is 4. The normalized spacial score (nSPS) is 13.7. The molecule has 0 bridgehead atoms. The van der Waals surface area contributed by atoms with Crippen LogP contribution in [0.1, 0.15) is 6.92 Å². The van der Waals surface area contributed by atoms with E-state index in [0.29, 0.717) is 0 Å². The van der Waals surface area contributed by atoms with E-state index in [1.54, 1.807) is 0 Å². The summed E-state index contributed by atoms with van der Waals surface area (Å²) >= 11 is 0. The Hall–Kier alpha value is -1.95. The summed E-state index contributed by atoms with van der Waals surface area (Å²) in [5.41, 5.74) is -5.60. The molecule has 0 aromatic rings. The molecule has 126 valence electrons. The summed E-state index contributed by atoms with van der Waals surface area (Å²) in [6.45, 7) is -0.336. The Morgan fingerprint density at radius 3 is 0.818 bits per heavy atom. The molecule has 0 unspecified atom stereocenters. The fraction of sp³-hybridized carbons (Fsp3) is 0.556. The minimum atomic E-state index is -6.48. The maximum atomic E-state index is 12.3. The van der Waals surface area contributed by atoms with Gasteiger partial charge in [-0.25, -0.2) is 0 Å². The molecule has 0 atom stereocenters. The summed E-state index contributed by atoms with van der Waals surface area (Å²) in [6.07, 6.45) is -19.4. The molecule has 0 aromatic carbocycles. The van der Waals surface area contributed by atoms with Crippen LogP contribution in [0, 0.1) is 5.41 Å². The first-order valence-corrected chi connectivity index (χ1v) is 4.77. The molecule has 0 amide bonds. The lowest BCUT2D eigenvalue weighted by Crippen LogP contribution is -2.63. The van der Waals surface area contributed by atoms with Crippen LogP contribution in [0.25, 0.3) is 0 Å². The van der Waals surface area contributed by atoms with Crippen molar-refractivity contribution in [1.82, 2.24) is 0 Å². The zero-order chi connectivity index (χ0) is 18.3. The van der Waals surface area contributed by atoms with Crippen LogP contribution in [0.4, 0.5) is 39.5 Å². The van der Waals surface area contributed by atoms with Crippen molar-refractivity contribution in [2.24, 2.45) is 5.41 Å². The summed E-state index contributed by atoms with van der Waals surface area (Å²) in [6, 6.07) is 0. The Bertz CT molecular complexity index is 458. The first-order valence-electron chi connectivity index (χ1n) is 4.77. The maximum absolute atomic E-state index is 12.3. The molecule has 0 aliphatic carbocycles. The quantitative estimate of drug-likeness (QED) is 0.577. The van der Waals surface area contributed by atoms with Crippen LogP contribution in [-0.2, 0) is 19.2 Å². The molecule has 0 rings (SSSR count). The second kappa shape index (κ2) is 5.35. The second-order valence-electron chi connectivity index (χ2n) is 3.79. The van der Waals surface area contributed by atoms with Gasteiger partial charge in [0.05, 0.1) is 0 Å². The van der Waals surface area contributed by atoms with Crippen molar-refractivity contribution in [1.29, 1.82) is 0 Å². The number of rotatable bonds is 4. The van der Waals surface area contributed by atoms with E-state index in [1.807, 2.05) is 0 Å². The summed E-state index contributed by atoms with van der Waals surface area (Å²) in [7, 11) is 0. The Kier molecular flexibility index (Phi) is 4.88. The zero-order valence-corrected chi connectivity index (χ0v) is 10.0. The van der Waals surface area contributed by atoms with E-state index in [9.17, 15) is 58.7 Å². The topological polar surface area (TPSA) is 68.3 Å². The molecule has 0 radical (unpaired) electrons. The lowest BCUT2D eigenvalue weighted by atomic mass is 9.71. The van der Waals surface area contributed by atoms with Crippen LogP contribution in [-0.4, -0.2) is 41.7 Å². The van der Waals surface area contributed by atoms with Gasteiger partial charge in [-0.1, -0.05) is 0 Å². The van der Waals surface area contributed by atoms with Crippen molar-refractivity contribution in [3.63, 3.8) is 0 Å².